The van der Waals surface area contributed by atoms with Crippen molar-refractivity contribution in [3.8, 4) is 22.6 Å². The predicted octanol–water partition coefficient (Wildman–Crippen LogP) is 6.99. The van der Waals surface area contributed by atoms with Gasteiger partial charge in [0.25, 0.3) is 0 Å². The molecule has 0 aliphatic rings. The number of furan rings is 1. The number of aliphatic imine (C=N–C) groups is 1. The second kappa shape index (κ2) is 8.81. The Morgan fingerprint density at radius 3 is 2.04 bits per heavy atom. The third-order valence-electron chi connectivity index (χ3n) is 4.17. The lowest BCUT2D eigenvalue weighted by molar-refractivity contribution is 0.597. The van der Waals surface area contributed by atoms with Crippen LogP contribution in [0.15, 0.2) is 107 Å². The van der Waals surface area contributed by atoms with E-state index in [1.165, 1.54) is 5.56 Å². The number of benzene rings is 2. The monoisotopic (exact) mass is 353 g/mol. The van der Waals surface area contributed by atoms with Gasteiger partial charge in [-0.2, -0.15) is 0 Å². The molecule has 1 heterocycles. The minimum atomic E-state index is 0.825. The van der Waals surface area contributed by atoms with Gasteiger partial charge in [-0.15, -0.1) is 0 Å². The summed E-state index contributed by atoms with van der Waals surface area (Å²) in [7, 11) is 0. The highest BCUT2D eigenvalue weighted by Crippen LogP contribution is 2.28. The van der Waals surface area contributed by atoms with E-state index in [0.29, 0.717) is 0 Å². The van der Waals surface area contributed by atoms with E-state index < -0.39 is 0 Å². The van der Waals surface area contributed by atoms with Crippen LogP contribution in [0.5, 0.6) is 0 Å². The summed E-state index contributed by atoms with van der Waals surface area (Å²) >= 11 is 0. The van der Waals surface area contributed by atoms with Gasteiger partial charge in [0.1, 0.15) is 11.5 Å². The highest BCUT2D eigenvalue weighted by Gasteiger charge is 2.06. The molecule has 0 aliphatic heterocycles. The Balaban J connectivity index is 1.76. The first-order valence-corrected chi connectivity index (χ1v) is 8.96. The molecule has 27 heavy (non-hydrogen) atoms. The first-order valence-electron chi connectivity index (χ1n) is 8.96. The zero-order valence-corrected chi connectivity index (χ0v) is 15.7. The topological polar surface area (TPSA) is 25.5 Å². The lowest BCUT2D eigenvalue weighted by Crippen LogP contribution is -1.82. The number of allylic oxidation sites excluding steroid dienone is 4. The van der Waals surface area contributed by atoms with Gasteiger partial charge in [0.15, 0.2) is 0 Å². The van der Waals surface area contributed by atoms with Crippen molar-refractivity contribution in [2.45, 2.75) is 13.8 Å². The molecular formula is C25H23NO. The van der Waals surface area contributed by atoms with Crippen LogP contribution in [0.2, 0.25) is 0 Å². The maximum Gasteiger partial charge on any atom is 0.134 e. The molecule has 0 N–H and O–H groups in total. The molecule has 0 atom stereocenters. The quantitative estimate of drug-likeness (QED) is 0.346. The standard InChI is InChI=1S/C25H23NO/c1-4-6-7-23(5-2)26-18-20-10-14-22(15-11-20)25-17-16-24(27-25)21-12-8-19(3)9-13-21/h4-18H,2H2,1,3H3/b6-4-,23-7+,26-18?. The Morgan fingerprint density at radius 2 is 1.48 bits per heavy atom. The lowest BCUT2D eigenvalue weighted by Gasteiger charge is -2.00. The maximum absolute atomic E-state index is 6.03. The average Bonchev–Trinajstić information content (AvgIpc) is 3.19. The Labute approximate surface area is 160 Å². The normalized spacial score (nSPS) is 12.1. The van der Waals surface area contributed by atoms with Crippen molar-refractivity contribution in [2.75, 3.05) is 0 Å². The minimum absolute atomic E-state index is 0.825. The van der Waals surface area contributed by atoms with Crippen molar-refractivity contribution in [1.82, 2.24) is 0 Å². The van der Waals surface area contributed by atoms with Gasteiger partial charge >= 0.3 is 0 Å². The smallest absolute Gasteiger partial charge is 0.134 e. The van der Waals surface area contributed by atoms with Crippen LogP contribution in [0.25, 0.3) is 22.6 Å². The molecule has 0 unspecified atom stereocenters. The van der Waals surface area contributed by atoms with Crippen LogP contribution >= 0.6 is 0 Å². The molecule has 2 heteroatoms. The van der Waals surface area contributed by atoms with E-state index in [9.17, 15) is 0 Å². The van der Waals surface area contributed by atoms with E-state index in [4.69, 9.17) is 4.42 Å². The molecule has 1 aromatic heterocycles. The fourth-order valence-electron chi connectivity index (χ4n) is 2.61. The molecule has 0 amide bonds. The highest BCUT2D eigenvalue weighted by molar-refractivity contribution is 5.81. The molecular weight excluding hydrogens is 330 g/mol. The summed E-state index contributed by atoms with van der Waals surface area (Å²) < 4.78 is 6.03. The number of aryl methyl sites for hydroxylation is 1. The molecule has 0 saturated carbocycles. The Morgan fingerprint density at radius 1 is 0.889 bits per heavy atom. The van der Waals surface area contributed by atoms with Gasteiger partial charge in [0.05, 0.1) is 5.70 Å². The van der Waals surface area contributed by atoms with Gasteiger partial charge in [-0.1, -0.05) is 72.8 Å². The van der Waals surface area contributed by atoms with Crippen LogP contribution in [0, 0.1) is 6.92 Å². The average molecular weight is 353 g/mol. The van der Waals surface area contributed by atoms with E-state index in [1.807, 2.05) is 67.8 Å². The Hall–Kier alpha value is -3.39. The summed E-state index contributed by atoms with van der Waals surface area (Å²) in [6.07, 6.45) is 9.40. The second-order valence-corrected chi connectivity index (χ2v) is 6.23. The first-order chi connectivity index (χ1) is 13.2. The Bertz CT molecular complexity index is 984. The highest BCUT2D eigenvalue weighted by atomic mass is 16.3. The van der Waals surface area contributed by atoms with Crippen molar-refractivity contribution in [2.24, 2.45) is 4.99 Å². The third kappa shape index (κ3) is 4.83. The first kappa shape index (κ1) is 18.4. The molecule has 0 aliphatic carbocycles. The fraction of sp³-hybridized carbons (Fsp3) is 0.0800. The number of hydrogen-bond donors (Lipinski definition) is 0. The molecule has 2 aromatic carbocycles. The van der Waals surface area contributed by atoms with Crippen molar-refractivity contribution < 1.29 is 4.42 Å². The van der Waals surface area contributed by atoms with Crippen molar-refractivity contribution in [3.05, 3.63) is 108 Å². The maximum atomic E-state index is 6.03. The molecule has 2 nitrogen and oxygen atoms in total. The third-order valence-corrected chi connectivity index (χ3v) is 4.17. The molecule has 0 bridgehead atoms. The molecule has 3 aromatic rings. The minimum Gasteiger partial charge on any atom is -0.456 e. The van der Waals surface area contributed by atoms with Gasteiger partial charge in [-0.3, -0.25) is 4.99 Å². The van der Waals surface area contributed by atoms with E-state index in [0.717, 1.165) is 33.9 Å². The zero-order valence-electron chi connectivity index (χ0n) is 15.7. The van der Waals surface area contributed by atoms with Gasteiger partial charge in [-0.05, 0) is 43.7 Å². The number of hydrogen-bond acceptors (Lipinski definition) is 2. The summed E-state index contributed by atoms with van der Waals surface area (Å²) in [5, 5.41) is 0. The number of nitrogens with zero attached hydrogens (tertiary/aromatic N) is 1. The van der Waals surface area contributed by atoms with Crippen LogP contribution < -0.4 is 0 Å². The van der Waals surface area contributed by atoms with Gasteiger partial charge in [0, 0.05) is 17.3 Å². The zero-order chi connectivity index (χ0) is 19.1. The van der Waals surface area contributed by atoms with Crippen LogP contribution in [0.3, 0.4) is 0 Å². The fourth-order valence-corrected chi connectivity index (χ4v) is 2.61. The van der Waals surface area contributed by atoms with Crippen molar-refractivity contribution >= 4 is 6.21 Å². The largest absolute Gasteiger partial charge is 0.456 e. The van der Waals surface area contributed by atoms with E-state index in [1.54, 1.807) is 6.08 Å². The second-order valence-electron chi connectivity index (χ2n) is 6.23. The van der Waals surface area contributed by atoms with Crippen LogP contribution in [0.4, 0.5) is 0 Å². The van der Waals surface area contributed by atoms with Crippen molar-refractivity contribution in [3.63, 3.8) is 0 Å². The van der Waals surface area contributed by atoms with E-state index in [-0.39, 0.29) is 0 Å². The lowest BCUT2D eigenvalue weighted by atomic mass is 10.1. The van der Waals surface area contributed by atoms with E-state index in [2.05, 4.69) is 42.8 Å². The summed E-state index contributed by atoms with van der Waals surface area (Å²) in [6, 6.07) is 20.5. The van der Waals surface area contributed by atoms with Crippen LogP contribution in [-0.2, 0) is 0 Å². The summed E-state index contributed by atoms with van der Waals surface area (Å²) in [6.45, 7) is 7.83. The molecule has 134 valence electrons. The molecule has 0 fully saturated rings. The molecule has 0 spiro atoms. The SMILES string of the molecule is C=C/C(=C\C=C/C)N=Cc1ccc(-c2ccc(-c3ccc(C)cc3)o2)cc1. The van der Waals surface area contributed by atoms with Crippen LogP contribution in [0.1, 0.15) is 18.1 Å². The number of rotatable bonds is 6. The van der Waals surface area contributed by atoms with Gasteiger partial charge in [0.2, 0.25) is 0 Å². The Kier molecular flexibility index (Phi) is 6.01. The van der Waals surface area contributed by atoms with Crippen molar-refractivity contribution in [1.29, 1.82) is 0 Å². The molecule has 3 rings (SSSR count). The summed E-state index contributed by atoms with van der Waals surface area (Å²) in [5.41, 5.74) is 5.21. The molecule has 0 radical (unpaired) electrons. The predicted molar refractivity (Wildman–Crippen MR) is 115 cm³/mol. The van der Waals surface area contributed by atoms with Crippen LogP contribution in [-0.4, -0.2) is 6.21 Å². The summed E-state index contributed by atoms with van der Waals surface area (Å²) in [4.78, 5) is 4.45. The molecule has 0 saturated heterocycles. The van der Waals surface area contributed by atoms with E-state index >= 15 is 0 Å². The summed E-state index contributed by atoms with van der Waals surface area (Å²) in [5.74, 6) is 1.73. The van der Waals surface area contributed by atoms with Gasteiger partial charge in [-0.25, -0.2) is 0 Å². The van der Waals surface area contributed by atoms with Gasteiger partial charge < -0.3 is 4.42 Å².